The van der Waals surface area contributed by atoms with Crippen molar-refractivity contribution < 1.29 is 19.4 Å². The number of carbonyl (C=O) groups excluding carboxylic acids is 2. The average Bonchev–Trinajstić information content (AvgIpc) is 2.15. The summed E-state index contributed by atoms with van der Waals surface area (Å²) in [5.74, 6) is -0.800. The smallest absolute Gasteiger partial charge is 0.410 e. The standard InChI is InChI=1S/C11H20N2O4/c1-10(2,3)17-9(15)13-6-4-5-11(16,7-13)8(12)14/h16H,4-7H2,1-3H3,(H2,12,14). The van der Waals surface area contributed by atoms with Crippen LogP contribution in [0, 0.1) is 0 Å². The molecule has 3 N–H and O–H groups in total. The van der Waals surface area contributed by atoms with E-state index in [-0.39, 0.29) is 13.0 Å². The first-order chi connectivity index (χ1) is 7.64. The van der Waals surface area contributed by atoms with Gasteiger partial charge >= 0.3 is 6.09 Å². The number of rotatable bonds is 1. The highest BCUT2D eigenvalue weighted by Crippen LogP contribution is 2.22. The molecule has 0 radical (unpaired) electrons. The molecular weight excluding hydrogens is 224 g/mol. The van der Waals surface area contributed by atoms with Crippen molar-refractivity contribution >= 4 is 12.0 Å². The van der Waals surface area contributed by atoms with E-state index in [4.69, 9.17) is 10.5 Å². The Bertz CT molecular complexity index is 324. The lowest BCUT2D eigenvalue weighted by Crippen LogP contribution is -2.57. The van der Waals surface area contributed by atoms with Gasteiger partial charge in [0.15, 0.2) is 5.60 Å². The molecule has 6 nitrogen and oxygen atoms in total. The van der Waals surface area contributed by atoms with Gasteiger partial charge in [0.25, 0.3) is 5.91 Å². The van der Waals surface area contributed by atoms with E-state index in [9.17, 15) is 14.7 Å². The zero-order valence-corrected chi connectivity index (χ0v) is 10.5. The lowest BCUT2D eigenvalue weighted by molar-refractivity contribution is -0.141. The number of primary amides is 1. The van der Waals surface area contributed by atoms with E-state index in [0.717, 1.165) is 0 Å². The Morgan fingerprint density at radius 2 is 2.00 bits per heavy atom. The fraction of sp³-hybridized carbons (Fsp3) is 0.818. The molecule has 1 atom stereocenters. The highest BCUT2D eigenvalue weighted by Gasteiger charge is 2.41. The van der Waals surface area contributed by atoms with Crippen molar-refractivity contribution in [2.75, 3.05) is 13.1 Å². The molecule has 0 aromatic heterocycles. The van der Waals surface area contributed by atoms with Crippen LogP contribution in [0.5, 0.6) is 0 Å². The maximum absolute atomic E-state index is 11.8. The van der Waals surface area contributed by atoms with E-state index in [0.29, 0.717) is 13.0 Å². The van der Waals surface area contributed by atoms with E-state index < -0.39 is 23.2 Å². The summed E-state index contributed by atoms with van der Waals surface area (Å²) < 4.78 is 5.17. The van der Waals surface area contributed by atoms with Gasteiger partial charge in [0.05, 0.1) is 6.54 Å². The van der Waals surface area contributed by atoms with Crippen molar-refractivity contribution in [1.29, 1.82) is 0 Å². The van der Waals surface area contributed by atoms with Crippen LogP contribution in [0.1, 0.15) is 33.6 Å². The number of piperidine rings is 1. The summed E-state index contributed by atoms with van der Waals surface area (Å²) in [6.07, 6.45) is 0.275. The molecule has 1 heterocycles. The van der Waals surface area contributed by atoms with Crippen molar-refractivity contribution in [3.8, 4) is 0 Å². The highest BCUT2D eigenvalue weighted by molar-refractivity contribution is 5.84. The molecule has 1 rings (SSSR count). The van der Waals surface area contributed by atoms with E-state index in [1.165, 1.54) is 4.90 Å². The minimum atomic E-state index is -1.63. The number of β-amino-alcohol motifs (C(OH)–C–C–N with tert-alkyl or cyclic N) is 1. The minimum Gasteiger partial charge on any atom is -0.444 e. The molecule has 1 aliphatic heterocycles. The van der Waals surface area contributed by atoms with Gasteiger partial charge in [-0.15, -0.1) is 0 Å². The zero-order chi connectivity index (χ0) is 13.3. The molecule has 2 amide bonds. The Kier molecular flexibility index (Phi) is 3.66. The molecule has 0 aromatic carbocycles. The van der Waals surface area contributed by atoms with E-state index >= 15 is 0 Å². The fourth-order valence-corrected chi connectivity index (χ4v) is 1.72. The number of likely N-dealkylation sites (tertiary alicyclic amines) is 1. The number of hydrogen-bond acceptors (Lipinski definition) is 4. The van der Waals surface area contributed by atoms with Gasteiger partial charge in [-0.05, 0) is 33.6 Å². The number of ether oxygens (including phenoxy) is 1. The largest absolute Gasteiger partial charge is 0.444 e. The average molecular weight is 244 g/mol. The molecule has 1 unspecified atom stereocenters. The van der Waals surface area contributed by atoms with E-state index in [1.807, 2.05) is 0 Å². The second kappa shape index (κ2) is 4.52. The molecule has 1 aliphatic rings. The summed E-state index contributed by atoms with van der Waals surface area (Å²) in [4.78, 5) is 24.2. The maximum atomic E-state index is 11.8. The number of carbonyl (C=O) groups is 2. The summed E-state index contributed by atoms with van der Waals surface area (Å²) in [7, 11) is 0. The molecule has 0 aliphatic carbocycles. The normalized spacial score (nSPS) is 25.5. The second-order valence-corrected chi connectivity index (χ2v) is 5.40. The monoisotopic (exact) mass is 244 g/mol. The number of nitrogens with two attached hydrogens (primary N) is 1. The Hall–Kier alpha value is -1.30. The third-order valence-corrected chi connectivity index (χ3v) is 2.58. The topological polar surface area (TPSA) is 92.9 Å². The van der Waals surface area contributed by atoms with Crippen molar-refractivity contribution in [2.24, 2.45) is 5.73 Å². The summed E-state index contributed by atoms with van der Waals surface area (Å²) in [6, 6.07) is 0. The minimum absolute atomic E-state index is 0.1000. The van der Waals surface area contributed by atoms with Crippen LogP contribution in [0.3, 0.4) is 0 Å². The highest BCUT2D eigenvalue weighted by atomic mass is 16.6. The van der Waals surface area contributed by atoms with Crippen LogP contribution < -0.4 is 5.73 Å². The summed E-state index contributed by atoms with van der Waals surface area (Å²) in [5.41, 5.74) is 2.90. The molecule has 0 saturated carbocycles. The third-order valence-electron chi connectivity index (χ3n) is 2.58. The molecular formula is C11H20N2O4. The number of amides is 2. The Labute approximate surface area is 101 Å². The van der Waals surface area contributed by atoms with Gasteiger partial charge in [-0.3, -0.25) is 4.79 Å². The van der Waals surface area contributed by atoms with Gasteiger partial charge in [0.1, 0.15) is 5.60 Å². The van der Waals surface area contributed by atoms with Crippen molar-refractivity contribution in [1.82, 2.24) is 4.90 Å². The van der Waals surface area contributed by atoms with Gasteiger partial charge in [0, 0.05) is 6.54 Å². The van der Waals surface area contributed by atoms with Crippen LogP contribution in [-0.4, -0.2) is 46.3 Å². The van der Waals surface area contributed by atoms with Gasteiger partial charge in [0.2, 0.25) is 0 Å². The molecule has 1 fully saturated rings. The summed E-state index contributed by atoms with van der Waals surface area (Å²) >= 11 is 0. The zero-order valence-electron chi connectivity index (χ0n) is 10.5. The molecule has 0 bridgehead atoms. The first-order valence-corrected chi connectivity index (χ1v) is 5.64. The number of hydrogen-bond donors (Lipinski definition) is 2. The Balaban J connectivity index is 2.67. The van der Waals surface area contributed by atoms with Crippen molar-refractivity contribution in [3.05, 3.63) is 0 Å². The second-order valence-electron chi connectivity index (χ2n) is 5.40. The number of nitrogens with zero attached hydrogens (tertiary/aromatic N) is 1. The van der Waals surface area contributed by atoms with Gasteiger partial charge in [-0.2, -0.15) is 0 Å². The SMILES string of the molecule is CC(C)(C)OC(=O)N1CCCC(O)(C(N)=O)C1. The Morgan fingerprint density at radius 3 is 2.47 bits per heavy atom. The molecule has 17 heavy (non-hydrogen) atoms. The third kappa shape index (κ3) is 3.59. The molecule has 98 valence electrons. The van der Waals surface area contributed by atoms with Crippen molar-refractivity contribution in [2.45, 2.75) is 44.8 Å². The van der Waals surface area contributed by atoms with Crippen LogP contribution in [-0.2, 0) is 9.53 Å². The summed E-state index contributed by atoms with van der Waals surface area (Å²) in [5, 5.41) is 9.94. The van der Waals surface area contributed by atoms with E-state index in [2.05, 4.69) is 0 Å². The van der Waals surface area contributed by atoms with Gasteiger partial charge in [-0.25, -0.2) is 4.79 Å². The molecule has 1 saturated heterocycles. The van der Waals surface area contributed by atoms with Crippen LogP contribution in [0.15, 0.2) is 0 Å². The lowest BCUT2D eigenvalue weighted by Gasteiger charge is -2.37. The van der Waals surface area contributed by atoms with Gasteiger partial charge < -0.3 is 20.5 Å². The predicted octanol–water partition coefficient (Wildman–Crippen LogP) is 0.234. The van der Waals surface area contributed by atoms with Crippen LogP contribution >= 0.6 is 0 Å². The van der Waals surface area contributed by atoms with Gasteiger partial charge in [-0.1, -0.05) is 0 Å². The fourth-order valence-electron chi connectivity index (χ4n) is 1.72. The van der Waals surface area contributed by atoms with Crippen molar-refractivity contribution in [3.63, 3.8) is 0 Å². The number of aliphatic hydroxyl groups is 1. The lowest BCUT2D eigenvalue weighted by atomic mass is 9.92. The molecule has 6 heteroatoms. The van der Waals surface area contributed by atoms with Crippen LogP contribution in [0.25, 0.3) is 0 Å². The first-order valence-electron chi connectivity index (χ1n) is 5.64. The van der Waals surface area contributed by atoms with Crippen LogP contribution in [0.2, 0.25) is 0 Å². The van der Waals surface area contributed by atoms with E-state index in [1.54, 1.807) is 20.8 Å². The predicted molar refractivity (Wildman–Crippen MR) is 61.2 cm³/mol. The Morgan fingerprint density at radius 1 is 1.41 bits per heavy atom. The quantitative estimate of drug-likeness (QED) is 0.690. The summed E-state index contributed by atoms with van der Waals surface area (Å²) in [6.45, 7) is 5.64. The molecule has 0 aromatic rings. The molecule has 0 spiro atoms. The first kappa shape index (κ1) is 13.8. The van der Waals surface area contributed by atoms with Crippen LogP contribution in [0.4, 0.5) is 4.79 Å². The maximum Gasteiger partial charge on any atom is 0.410 e.